The van der Waals surface area contributed by atoms with Gasteiger partial charge >= 0.3 is 0 Å². The van der Waals surface area contributed by atoms with Crippen molar-refractivity contribution in [1.82, 2.24) is 4.90 Å². The van der Waals surface area contributed by atoms with Gasteiger partial charge in [-0.1, -0.05) is 30.3 Å². The Balaban J connectivity index is 1.70. The van der Waals surface area contributed by atoms with Crippen molar-refractivity contribution in [2.75, 3.05) is 13.7 Å². The molecule has 1 aliphatic rings. The highest BCUT2D eigenvalue weighted by Gasteiger charge is 2.34. The van der Waals surface area contributed by atoms with Crippen LogP contribution in [-0.2, 0) is 11.2 Å². The maximum Gasteiger partial charge on any atom is 0.223 e. The van der Waals surface area contributed by atoms with Gasteiger partial charge in [-0.2, -0.15) is 0 Å². The van der Waals surface area contributed by atoms with Gasteiger partial charge < -0.3 is 14.7 Å². The molecule has 3 rings (SSSR count). The van der Waals surface area contributed by atoms with Crippen LogP contribution in [0.2, 0.25) is 0 Å². The van der Waals surface area contributed by atoms with E-state index in [4.69, 9.17) is 4.74 Å². The minimum absolute atomic E-state index is 0.0169. The second kappa shape index (κ2) is 7.66. The third kappa shape index (κ3) is 3.99. The second-order valence-electron chi connectivity index (χ2n) is 6.31. The first kappa shape index (κ1) is 17.4. The first-order chi connectivity index (χ1) is 12.1. The van der Waals surface area contributed by atoms with Gasteiger partial charge in [0.2, 0.25) is 5.91 Å². The molecule has 1 N–H and O–H groups in total. The lowest BCUT2D eigenvalue weighted by molar-refractivity contribution is -0.132. The smallest absolute Gasteiger partial charge is 0.223 e. The Kier molecular flexibility index (Phi) is 5.34. The molecular formula is C20H22FNO3. The topological polar surface area (TPSA) is 49.8 Å². The van der Waals surface area contributed by atoms with Crippen LogP contribution in [0, 0.1) is 5.82 Å². The number of methoxy groups -OCH3 is 1. The van der Waals surface area contributed by atoms with E-state index in [1.165, 1.54) is 12.1 Å². The predicted molar refractivity (Wildman–Crippen MR) is 92.8 cm³/mol. The highest BCUT2D eigenvalue weighted by Crippen LogP contribution is 2.33. The van der Waals surface area contributed by atoms with Crippen molar-refractivity contribution >= 4 is 5.91 Å². The average Bonchev–Trinajstić information content (AvgIpc) is 3.02. The Bertz CT molecular complexity index is 732. The van der Waals surface area contributed by atoms with Gasteiger partial charge in [-0.05, 0) is 42.2 Å². The molecule has 0 aliphatic carbocycles. The fraction of sp³-hybridized carbons (Fsp3) is 0.350. The number of aliphatic hydroxyl groups excluding tert-OH is 1. The van der Waals surface area contributed by atoms with Crippen LogP contribution in [0.15, 0.2) is 48.5 Å². The Morgan fingerprint density at radius 3 is 2.68 bits per heavy atom. The summed E-state index contributed by atoms with van der Waals surface area (Å²) in [5, 5.41) is 10.0. The van der Waals surface area contributed by atoms with Crippen molar-refractivity contribution in [2.45, 2.75) is 31.4 Å². The molecule has 0 saturated carbocycles. The maximum absolute atomic E-state index is 13.1. The van der Waals surface area contributed by atoms with Gasteiger partial charge in [0.1, 0.15) is 11.6 Å². The summed E-state index contributed by atoms with van der Waals surface area (Å²) in [4.78, 5) is 14.4. The highest BCUT2D eigenvalue weighted by molar-refractivity contribution is 5.77. The number of β-amino-alcohol motifs (C(OH)–C–C–N with tert-alkyl or cyclic N) is 1. The molecular weight excluding hydrogens is 321 g/mol. The molecule has 0 aromatic heterocycles. The molecule has 0 unspecified atom stereocenters. The molecule has 25 heavy (non-hydrogen) atoms. The summed E-state index contributed by atoms with van der Waals surface area (Å²) >= 11 is 0. The number of aliphatic hydroxyl groups is 1. The molecule has 0 spiro atoms. The molecule has 5 heteroatoms. The van der Waals surface area contributed by atoms with E-state index in [0.717, 1.165) is 16.9 Å². The molecule has 1 aliphatic heterocycles. The number of carbonyl (C=O) groups excluding carboxylic acids is 1. The number of ether oxygens (including phenoxy) is 1. The molecule has 132 valence electrons. The number of rotatable bonds is 5. The van der Waals surface area contributed by atoms with Gasteiger partial charge in [0.25, 0.3) is 0 Å². The van der Waals surface area contributed by atoms with Crippen molar-refractivity contribution in [3.8, 4) is 5.75 Å². The standard InChI is InChI=1S/C20H22FNO3/c1-25-19-5-3-2-4-15(19)8-11-20(24)22-13-17(23)12-18(22)14-6-9-16(21)10-7-14/h2-7,9-10,17-18,23H,8,11-13H2,1H3/t17-,18+/m1/s1. The molecule has 0 radical (unpaired) electrons. The van der Waals surface area contributed by atoms with E-state index in [2.05, 4.69) is 0 Å². The summed E-state index contributed by atoms with van der Waals surface area (Å²) in [6, 6.07) is 13.6. The predicted octanol–water partition coefficient (Wildman–Crippen LogP) is 3.10. The minimum Gasteiger partial charge on any atom is -0.496 e. The number of likely N-dealkylation sites (tertiary alicyclic amines) is 1. The van der Waals surface area contributed by atoms with Gasteiger partial charge in [-0.3, -0.25) is 4.79 Å². The molecule has 1 heterocycles. The van der Waals surface area contributed by atoms with E-state index in [1.54, 1.807) is 24.1 Å². The van der Waals surface area contributed by atoms with Crippen LogP contribution in [0.25, 0.3) is 0 Å². The summed E-state index contributed by atoms with van der Waals surface area (Å²) in [6.45, 7) is 0.312. The Labute approximate surface area is 146 Å². The van der Waals surface area contributed by atoms with Crippen LogP contribution in [0.5, 0.6) is 5.75 Å². The molecule has 2 aromatic carbocycles. The highest BCUT2D eigenvalue weighted by atomic mass is 19.1. The number of hydrogen-bond acceptors (Lipinski definition) is 3. The molecule has 2 aromatic rings. The molecule has 1 saturated heterocycles. The number of para-hydroxylation sites is 1. The van der Waals surface area contributed by atoms with Gasteiger partial charge in [0.05, 0.1) is 19.3 Å². The fourth-order valence-electron chi connectivity index (χ4n) is 3.39. The minimum atomic E-state index is -0.551. The van der Waals surface area contributed by atoms with Crippen molar-refractivity contribution in [3.63, 3.8) is 0 Å². The molecule has 2 atom stereocenters. The molecule has 4 nitrogen and oxygen atoms in total. The Morgan fingerprint density at radius 2 is 1.96 bits per heavy atom. The van der Waals surface area contributed by atoms with Crippen LogP contribution in [0.3, 0.4) is 0 Å². The normalized spacial score (nSPS) is 19.9. The van der Waals surface area contributed by atoms with Crippen LogP contribution in [0.1, 0.15) is 30.0 Å². The van der Waals surface area contributed by atoms with Gasteiger partial charge in [0, 0.05) is 13.0 Å². The molecule has 1 amide bonds. The van der Waals surface area contributed by atoms with Gasteiger partial charge in [-0.25, -0.2) is 4.39 Å². The van der Waals surface area contributed by atoms with Gasteiger partial charge in [-0.15, -0.1) is 0 Å². The van der Waals surface area contributed by atoms with Gasteiger partial charge in [0.15, 0.2) is 0 Å². The number of nitrogens with zero attached hydrogens (tertiary/aromatic N) is 1. The van der Waals surface area contributed by atoms with E-state index >= 15 is 0 Å². The number of halogens is 1. The number of benzene rings is 2. The zero-order valence-electron chi connectivity index (χ0n) is 14.2. The van der Waals surface area contributed by atoms with Crippen molar-refractivity contribution < 1.29 is 19.0 Å². The number of carbonyl (C=O) groups is 1. The third-order valence-electron chi connectivity index (χ3n) is 4.65. The zero-order chi connectivity index (χ0) is 17.8. The lowest BCUT2D eigenvalue weighted by Crippen LogP contribution is -2.32. The van der Waals surface area contributed by atoms with E-state index in [-0.39, 0.29) is 17.8 Å². The summed E-state index contributed by atoms with van der Waals surface area (Å²) in [5.74, 6) is 0.444. The van der Waals surface area contributed by atoms with E-state index in [9.17, 15) is 14.3 Å². The Hall–Kier alpha value is -2.40. The van der Waals surface area contributed by atoms with Crippen LogP contribution in [0.4, 0.5) is 4.39 Å². The Morgan fingerprint density at radius 1 is 1.24 bits per heavy atom. The lowest BCUT2D eigenvalue weighted by Gasteiger charge is -2.25. The first-order valence-corrected chi connectivity index (χ1v) is 8.43. The summed E-state index contributed by atoms with van der Waals surface area (Å²) in [6.07, 6.45) is 0.841. The average molecular weight is 343 g/mol. The van der Waals surface area contributed by atoms with E-state index in [0.29, 0.717) is 25.8 Å². The van der Waals surface area contributed by atoms with Crippen molar-refractivity contribution in [3.05, 3.63) is 65.5 Å². The number of aryl methyl sites for hydroxylation is 1. The van der Waals surface area contributed by atoms with Crippen molar-refractivity contribution in [2.24, 2.45) is 0 Å². The zero-order valence-corrected chi connectivity index (χ0v) is 14.2. The number of amides is 1. The molecule has 0 bridgehead atoms. The second-order valence-corrected chi connectivity index (χ2v) is 6.31. The van der Waals surface area contributed by atoms with Crippen LogP contribution in [-0.4, -0.2) is 35.7 Å². The largest absolute Gasteiger partial charge is 0.496 e. The van der Waals surface area contributed by atoms with E-state index < -0.39 is 6.10 Å². The quantitative estimate of drug-likeness (QED) is 0.908. The summed E-state index contributed by atoms with van der Waals surface area (Å²) in [7, 11) is 1.61. The molecule has 1 fully saturated rings. The van der Waals surface area contributed by atoms with Crippen molar-refractivity contribution in [1.29, 1.82) is 0 Å². The monoisotopic (exact) mass is 343 g/mol. The SMILES string of the molecule is COc1ccccc1CCC(=O)N1C[C@H](O)C[C@H]1c1ccc(F)cc1. The first-order valence-electron chi connectivity index (χ1n) is 8.43. The maximum atomic E-state index is 13.1. The van der Waals surface area contributed by atoms with Crippen LogP contribution < -0.4 is 4.74 Å². The van der Waals surface area contributed by atoms with E-state index in [1.807, 2.05) is 24.3 Å². The number of hydrogen-bond donors (Lipinski definition) is 1. The lowest BCUT2D eigenvalue weighted by atomic mass is 10.0. The third-order valence-corrected chi connectivity index (χ3v) is 4.65. The summed E-state index contributed by atoms with van der Waals surface area (Å²) in [5.41, 5.74) is 1.83. The summed E-state index contributed by atoms with van der Waals surface area (Å²) < 4.78 is 18.5. The fourth-order valence-corrected chi connectivity index (χ4v) is 3.39. The van der Waals surface area contributed by atoms with Crippen LogP contribution >= 0.6 is 0 Å².